The van der Waals surface area contributed by atoms with Crippen molar-refractivity contribution in [3.05, 3.63) is 0 Å². The lowest BCUT2D eigenvalue weighted by Crippen LogP contribution is -2.34. The van der Waals surface area contributed by atoms with Gasteiger partial charge in [-0.25, -0.2) is 13.6 Å². The summed E-state index contributed by atoms with van der Waals surface area (Å²) in [5.41, 5.74) is -0.642. The molecule has 1 amide bonds. The third kappa shape index (κ3) is 7.84. The number of halogens is 2. The number of alkyl carbamates (subject to hydrolysis) is 1. The van der Waals surface area contributed by atoms with Crippen molar-refractivity contribution in [2.45, 2.75) is 39.2 Å². The van der Waals surface area contributed by atoms with Crippen molar-refractivity contribution < 1.29 is 23.1 Å². The van der Waals surface area contributed by atoms with Gasteiger partial charge in [-0.3, -0.25) is 4.79 Å². The van der Waals surface area contributed by atoms with Crippen LogP contribution >= 0.6 is 0 Å². The minimum atomic E-state index is -2.98. The van der Waals surface area contributed by atoms with Crippen LogP contribution in [-0.4, -0.2) is 30.4 Å². The van der Waals surface area contributed by atoms with Crippen molar-refractivity contribution in [2.24, 2.45) is 0 Å². The molecule has 4 nitrogen and oxygen atoms in total. The van der Waals surface area contributed by atoms with Crippen molar-refractivity contribution in [3.63, 3.8) is 0 Å². The molecule has 0 aromatic carbocycles. The van der Waals surface area contributed by atoms with Gasteiger partial charge < -0.3 is 10.1 Å². The Hall–Kier alpha value is -1.20. The Morgan fingerprint density at radius 3 is 2.27 bits per heavy atom. The summed E-state index contributed by atoms with van der Waals surface area (Å²) in [6, 6.07) is 0. The highest BCUT2D eigenvalue weighted by molar-refractivity contribution is 5.82. The van der Waals surface area contributed by atoms with Gasteiger partial charge in [0.05, 0.1) is 0 Å². The van der Waals surface area contributed by atoms with E-state index in [9.17, 15) is 18.4 Å². The summed E-state index contributed by atoms with van der Waals surface area (Å²) in [5, 5.41) is 2.21. The number of carbonyl (C=O) groups is 2. The molecule has 0 aliphatic heterocycles. The molecule has 0 saturated carbocycles. The standard InChI is InChI=1S/C9H15F2NO3/c1-9(2,3)15-8(14)12-5-4-6(13)7(10)11/h7H,4-5H2,1-3H3,(H,12,14). The number of ether oxygens (including phenoxy) is 1. The number of hydrogen-bond acceptors (Lipinski definition) is 3. The number of ketones is 1. The maximum Gasteiger partial charge on any atom is 0.407 e. The highest BCUT2D eigenvalue weighted by Gasteiger charge is 2.17. The summed E-state index contributed by atoms with van der Waals surface area (Å²) < 4.78 is 28.3. The van der Waals surface area contributed by atoms with Crippen LogP contribution in [0.1, 0.15) is 27.2 Å². The predicted octanol–water partition coefficient (Wildman–Crippen LogP) is 1.74. The molecule has 0 spiro atoms. The molecule has 0 unspecified atom stereocenters. The molecule has 15 heavy (non-hydrogen) atoms. The fraction of sp³-hybridized carbons (Fsp3) is 0.778. The second-order valence-electron chi connectivity index (χ2n) is 3.95. The molecular weight excluding hydrogens is 208 g/mol. The lowest BCUT2D eigenvalue weighted by Gasteiger charge is -2.19. The maximum absolute atomic E-state index is 11.7. The van der Waals surface area contributed by atoms with Gasteiger partial charge in [-0.1, -0.05) is 0 Å². The summed E-state index contributed by atoms with van der Waals surface area (Å²) in [5.74, 6) is -1.19. The van der Waals surface area contributed by atoms with Crippen molar-refractivity contribution in [1.82, 2.24) is 5.32 Å². The molecule has 0 aliphatic carbocycles. The topological polar surface area (TPSA) is 55.4 Å². The van der Waals surface area contributed by atoms with Gasteiger partial charge in [0.2, 0.25) is 5.78 Å². The predicted molar refractivity (Wildman–Crippen MR) is 49.9 cm³/mol. The first-order valence-corrected chi connectivity index (χ1v) is 4.50. The van der Waals surface area contributed by atoms with Crippen LogP contribution in [0.2, 0.25) is 0 Å². The lowest BCUT2D eigenvalue weighted by molar-refractivity contribution is -0.129. The van der Waals surface area contributed by atoms with Crippen LogP contribution in [0, 0.1) is 0 Å². The quantitative estimate of drug-likeness (QED) is 0.789. The summed E-state index contributed by atoms with van der Waals surface area (Å²) in [7, 11) is 0. The lowest BCUT2D eigenvalue weighted by atomic mass is 10.2. The first kappa shape index (κ1) is 13.8. The number of amides is 1. The van der Waals surface area contributed by atoms with E-state index >= 15 is 0 Å². The van der Waals surface area contributed by atoms with Gasteiger partial charge in [-0.2, -0.15) is 0 Å². The van der Waals surface area contributed by atoms with E-state index in [1.54, 1.807) is 20.8 Å². The van der Waals surface area contributed by atoms with Gasteiger partial charge in [-0.05, 0) is 20.8 Å². The minimum absolute atomic E-state index is 0.141. The Kier molecular flexibility index (Phi) is 5.18. The van der Waals surface area contributed by atoms with Gasteiger partial charge in [0.1, 0.15) is 5.60 Å². The number of hydrogen-bond donors (Lipinski definition) is 1. The zero-order valence-corrected chi connectivity index (χ0v) is 8.97. The second kappa shape index (κ2) is 5.63. The molecule has 0 fully saturated rings. The van der Waals surface area contributed by atoms with E-state index in [0.29, 0.717) is 0 Å². The summed E-state index contributed by atoms with van der Waals surface area (Å²) in [6.07, 6.45) is -4.09. The average Bonchev–Trinajstić information content (AvgIpc) is 2.00. The van der Waals surface area contributed by atoms with E-state index in [1.165, 1.54) is 0 Å². The van der Waals surface area contributed by atoms with Gasteiger partial charge >= 0.3 is 6.09 Å². The zero-order valence-electron chi connectivity index (χ0n) is 8.97. The molecule has 0 saturated heterocycles. The normalized spacial score (nSPS) is 11.3. The molecule has 0 aliphatic rings. The van der Waals surface area contributed by atoms with E-state index in [-0.39, 0.29) is 6.54 Å². The van der Waals surface area contributed by atoms with Gasteiger partial charge in [0.15, 0.2) is 0 Å². The number of nitrogens with one attached hydrogen (secondary N) is 1. The summed E-state index contributed by atoms with van der Waals surface area (Å²) in [6.45, 7) is 4.89. The van der Waals surface area contributed by atoms with E-state index in [1.807, 2.05) is 0 Å². The van der Waals surface area contributed by atoms with Crippen LogP contribution in [0.3, 0.4) is 0 Å². The van der Waals surface area contributed by atoms with Crippen molar-refractivity contribution >= 4 is 11.9 Å². The number of Topliss-reactive ketones (excluding diaryl/α,β-unsaturated/α-hetero) is 1. The molecular formula is C9H15F2NO3. The summed E-state index contributed by atoms with van der Waals surface area (Å²) >= 11 is 0. The highest BCUT2D eigenvalue weighted by Crippen LogP contribution is 2.06. The van der Waals surface area contributed by atoms with Crippen molar-refractivity contribution in [3.8, 4) is 0 Å². The Balaban J connectivity index is 3.70. The molecule has 0 aromatic rings. The molecule has 0 rings (SSSR count). The molecule has 1 N–H and O–H groups in total. The summed E-state index contributed by atoms with van der Waals surface area (Å²) in [4.78, 5) is 21.4. The maximum atomic E-state index is 11.7. The van der Waals surface area contributed by atoms with E-state index in [4.69, 9.17) is 4.74 Å². The molecule has 6 heteroatoms. The molecule has 88 valence electrons. The van der Waals surface area contributed by atoms with Crippen LogP contribution in [0.25, 0.3) is 0 Å². The van der Waals surface area contributed by atoms with Crippen LogP contribution in [0.4, 0.5) is 13.6 Å². The average molecular weight is 223 g/mol. The number of rotatable bonds is 4. The third-order valence-corrected chi connectivity index (χ3v) is 1.28. The van der Waals surface area contributed by atoms with Gasteiger partial charge in [0.25, 0.3) is 6.43 Å². The van der Waals surface area contributed by atoms with Crippen LogP contribution < -0.4 is 5.32 Å². The molecule has 0 heterocycles. The Bertz CT molecular complexity index is 236. The van der Waals surface area contributed by atoms with Crippen molar-refractivity contribution in [2.75, 3.05) is 6.54 Å². The van der Waals surface area contributed by atoms with Crippen molar-refractivity contribution in [1.29, 1.82) is 0 Å². The molecule has 0 bridgehead atoms. The smallest absolute Gasteiger partial charge is 0.407 e. The Labute approximate surface area is 87.0 Å². The van der Waals surface area contributed by atoms with Gasteiger partial charge in [0, 0.05) is 13.0 Å². The van der Waals surface area contributed by atoms with Crippen LogP contribution in [-0.2, 0) is 9.53 Å². The zero-order chi connectivity index (χ0) is 12.1. The van der Waals surface area contributed by atoms with Crippen LogP contribution in [0.5, 0.6) is 0 Å². The number of carbonyl (C=O) groups excluding carboxylic acids is 2. The molecule has 0 radical (unpaired) electrons. The largest absolute Gasteiger partial charge is 0.444 e. The van der Waals surface area contributed by atoms with E-state index in [2.05, 4.69) is 5.32 Å². The monoisotopic (exact) mass is 223 g/mol. The van der Waals surface area contributed by atoms with Gasteiger partial charge in [-0.15, -0.1) is 0 Å². The van der Waals surface area contributed by atoms with Crippen LogP contribution in [0.15, 0.2) is 0 Å². The SMILES string of the molecule is CC(C)(C)OC(=O)NCCC(=O)C(F)F. The fourth-order valence-corrected chi connectivity index (χ4v) is 0.711. The number of alkyl halides is 2. The van der Waals surface area contributed by atoms with E-state index < -0.39 is 30.3 Å². The Morgan fingerprint density at radius 1 is 1.33 bits per heavy atom. The Morgan fingerprint density at radius 2 is 1.87 bits per heavy atom. The van der Waals surface area contributed by atoms with E-state index in [0.717, 1.165) is 0 Å². The molecule has 0 aromatic heterocycles. The second-order valence-corrected chi connectivity index (χ2v) is 3.95. The fourth-order valence-electron chi connectivity index (χ4n) is 0.711. The first-order valence-electron chi connectivity index (χ1n) is 4.50. The highest BCUT2D eigenvalue weighted by atomic mass is 19.3. The first-order chi connectivity index (χ1) is 6.72. The third-order valence-electron chi connectivity index (χ3n) is 1.28. The minimum Gasteiger partial charge on any atom is -0.444 e. The molecule has 0 atom stereocenters.